The summed E-state index contributed by atoms with van der Waals surface area (Å²) in [5, 5.41) is 4.20. The molecule has 0 atom stereocenters. The number of hydrogen-bond acceptors (Lipinski definition) is 1. The number of halogens is 1. The first-order valence-corrected chi connectivity index (χ1v) is 5.26. The van der Waals surface area contributed by atoms with Crippen molar-refractivity contribution < 1.29 is 4.58 Å². The number of allylic oxidation sites excluding steroid dienone is 4. The fourth-order valence-electron chi connectivity index (χ4n) is 1.17. The highest BCUT2D eigenvalue weighted by molar-refractivity contribution is 14.1. The summed E-state index contributed by atoms with van der Waals surface area (Å²) in [5.41, 5.74) is 1.05. The highest BCUT2D eigenvalue weighted by atomic mass is 127. The molecule has 1 aliphatic heterocycles. The fourth-order valence-corrected chi connectivity index (χ4v) is 1.74. The van der Waals surface area contributed by atoms with Crippen LogP contribution in [0.25, 0.3) is 5.70 Å². The molecule has 0 fully saturated rings. The van der Waals surface area contributed by atoms with Crippen LogP contribution in [0.5, 0.6) is 0 Å². The third kappa shape index (κ3) is 1.71. The molecule has 2 rings (SSSR count). The normalized spacial score (nSPS) is 15.7. The SMILES string of the molecule is C[N+]1=C=CC=CC(n2cccn2)=C1I. The van der Waals surface area contributed by atoms with E-state index in [1.807, 2.05) is 46.8 Å². The Bertz CT molecular complexity index is 460. The summed E-state index contributed by atoms with van der Waals surface area (Å²) in [6.07, 6.45) is 9.56. The van der Waals surface area contributed by atoms with Gasteiger partial charge in [-0.25, -0.2) is 4.68 Å². The van der Waals surface area contributed by atoms with E-state index in [0.29, 0.717) is 0 Å². The summed E-state index contributed by atoms with van der Waals surface area (Å²) in [6, 6.07) is 1.91. The summed E-state index contributed by atoms with van der Waals surface area (Å²) in [5.74, 6) is 3.10. The second kappa shape index (κ2) is 3.94. The van der Waals surface area contributed by atoms with Crippen LogP contribution in [0.3, 0.4) is 0 Å². The summed E-state index contributed by atoms with van der Waals surface area (Å²) >= 11 is 2.28. The van der Waals surface area contributed by atoms with Crippen molar-refractivity contribution >= 4 is 34.2 Å². The Hall–Kier alpha value is -1.13. The van der Waals surface area contributed by atoms with Crippen molar-refractivity contribution in [3.8, 4) is 0 Å². The van der Waals surface area contributed by atoms with Crippen molar-refractivity contribution in [1.82, 2.24) is 9.78 Å². The molecule has 0 radical (unpaired) electrons. The quantitative estimate of drug-likeness (QED) is 0.440. The molecule has 0 N–H and O–H groups in total. The van der Waals surface area contributed by atoms with E-state index >= 15 is 0 Å². The van der Waals surface area contributed by atoms with Gasteiger partial charge in [-0.1, -0.05) is 0 Å². The Morgan fingerprint density at radius 1 is 1.57 bits per heavy atom. The minimum absolute atomic E-state index is 1.05. The lowest BCUT2D eigenvalue weighted by atomic mass is 10.4. The fraction of sp³-hybridized carbons (Fsp3) is 0.100. The van der Waals surface area contributed by atoms with Crippen molar-refractivity contribution in [2.75, 3.05) is 7.05 Å². The predicted molar refractivity (Wildman–Crippen MR) is 64.4 cm³/mol. The van der Waals surface area contributed by atoms with Gasteiger partial charge in [-0.15, -0.1) is 4.58 Å². The van der Waals surface area contributed by atoms with Crippen molar-refractivity contribution in [3.63, 3.8) is 0 Å². The van der Waals surface area contributed by atoms with Gasteiger partial charge in [0.2, 0.25) is 0 Å². The topological polar surface area (TPSA) is 20.8 Å². The maximum Gasteiger partial charge on any atom is 0.275 e. The summed E-state index contributed by atoms with van der Waals surface area (Å²) < 4.78 is 4.88. The van der Waals surface area contributed by atoms with Gasteiger partial charge in [-0.05, 0) is 18.2 Å². The smallest absolute Gasteiger partial charge is 0.234 e. The minimum Gasteiger partial charge on any atom is -0.234 e. The van der Waals surface area contributed by atoms with E-state index < -0.39 is 0 Å². The van der Waals surface area contributed by atoms with Crippen LogP contribution in [0, 0.1) is 0 Å². The largest absolute Gasteiger partial charge is 0.275 e. The lowest BCUT2D eigenvalue weighted by molar-refractivity contribution is -0.417. The Balaban J connectivity index is 2.56. The second-order valence-electron chi connectivity index (χ2n) is 2.84. The monoisotopic (exact) mass is 298 g/mol. The van der Waals surface area contributed by atoms with Gasteiger partial charge in [0.25, 0.3) is 3.70 Å². The van der Waals surface area contributed by atoms with Crippen LogP contribution in [0.1, 0.15) is 0 Å². The molecule has 0 amide bonds. The minimum atomic E-state index is 1.05. The van der Waals surface area contributed by atoms with E-state index in [-0.39, 0.29) is 0 Å². The highest BCUT2D eigenvalue weighted by Crippen LogP contribution is 2.19. The van der Waals surface area contributed by atoms with E-state index in [1.165, 1.54) is 0 Å². The Kier molecular flexibility index (Phi) is 2.65. The second-order valence-corrected chi connectivity index (χ2v) is 3.86. The molecule has 0 bridgehead atoms. The zero-order valence-corrected chi connectivity index (χ0v) is 9.84. The first-order valence-electron chi connectivity index (χ1n) is 4.18. The molecule has 0 aliphatic carbocycles. The van der Waals surface area contributed by atoms with E-state index in [0.717, 1.165) is 9.40 Å². The van der Waals surface area contributed by atoms with E-state index in [2.05, 4.69) is 33.6 Å². The molecule has 14 heavy (non-hydrogen) atoms. The van der Waals surface area contributed by atoms with Crippen LogP contribution in [-0.4, -0.2) is 27.3 Å². The van der Waals surface area contributed by atoms with E-state index in [4.69, 9.17) is 0 Å². The molecule has 0 aromatic carbocycles. The Morgan fingerprint density at radius 2 is 2.43 bits per heavy atom. The van der Waals surface area contributed by atoms with Crippen LogP contribution >= 0.6 is 22.6 Å². The van der Waals surface area contributed by atoms with Crippen LogP contribution in [0.2, 0.25) is 0 Å². The summed E-state index contributed by atoms with van der Waals surface area (Å²) in [7, 11) is 1.97. The van der Waals surface area contributed by atoms with Gasteiger partial charge in [-0.2, -0.15) is 5.10 Å². The van der Waals surface area contributed by atoms with Crippen LogP contribution in [0.15, 0.2) is 40.4 Å². The molecule has 0 unspecified atom stereocenters. The van der Waals surface area contributed by atoms with Gasteiger partial charge in [0.15, 0.2) is 5.87 Å². The van der Waals surface area contributed by atoms with Gasteiger partial charge in [0.1, 0.15) is 12.7 Å². The van der Waals surface area contributed by atoms with Gasteiger partial charge in [0.05, 0.1) is 0 Å². The summed E-state index contributed by atoms with van der Waals surface area (Å²) in [6.45, 7) is 0. The average molecular weight is 298 g/mol. The highest BCUT2D eigenvalue weighted by Gasteiger charge is 2.13. The predicted octanol–water partition coefficient (Wildman–Crippen LogP) is 1.88. The van der Waals surface area contributed by atoms with Gasteiger partial charge < -0.3 is 0 Å². The van der Waals surface area contributed by atoms with Crippen molar-refractivity contribution in [2.45, 2.75) is 0 Å². The molecule has 2 heterocycles. The number of rotatable bonds is 1. The Morgan fingerprint density at radius 3 is 3.14 bits per heavy atom. The maximum atomic E-state index is 4.20. The molecule has 0 saturated carbocycles. The van der Waals surface area contributed by atoms with Gasteiger partial charge >= 0.3 is 0 Å². The molecule has 1 aromatic heterocycles. The van der Waals surface area contributed by atoms with E-state index in [1.54, 1.807) is 6.20 Å². The van der Waals surface area contributed by atoms with E-state index in [9.17, 15) is 0 Å². The molecule has 0 saturated heterocycles. The first-order chi connectivity index (χ1) is 6.79. The molecular formula is C10H9IN3+. The third-order valence-electron chi connectivity index (χ3n) is 1.88. The van der Waals surface area contributed by atoms with Crippen molar-refractivity contribution in [2.24, 2.45) is 0 Å². The molecule has 70 valence electrons. The van der Waals surface area contributed by atoms with Gasteiger partial charge in [0, 0.05) is 41.1 Å². The molecule has 4 heteroatoms. The van der Waals surface area contributed by atoms with Crippen molar-refractivity contribution in [3.05, 3.63) is 40.4 Å². The molecule has 3 nitrogen and oxygen atoms in total. The zero-order valence-electron chi connectivity index (χ0n) is 7.68. The van der Waals surface area contributed by atoms with Gasteiger partial charge in [-0.3, -0.25) is 0 Å². The zero-order chi connectivity index (χ0) is 9.97. The molecular weight excluding hydrogens is 289 g/mol. The van der Waals surface area contributed by atoms with Crippen LogP contribution in [-0.2, 0) is 0 Å². The Labute approximate surface area is 95.9 Å². The molecule has 1 aromatic rings. The summed E-state index contributed by atoms with van der Waals surface area (Å²) in [4.78, 5) is 0. The van der Waals surface area contributed by atoms with Crippen molar-refractivity contribution in [1.29, 1.82) is 0 Å². The molecule has 1 aliphatic rings. The maximum absolute atomic E-state index is 4.20. The lowest BCUT2D eigenvalue weighted by Gasteiger charge is -2.00. The number of hydrogen-bond donors (Lipinski definition) is 0. The molecule has 0 spiro atoms. The lowest BCUT2D eigenvalue weighted by Crippen LogP contribution is -2.04. The van der Waals surface area contributed by atoms with Crippen LogP contribution < -0.4 is 0 Å². The average Bonchev–Trinajstić information content (AvgIpc) is 2.64. The third-order valence-corrected chi connectivity index (χ3v) is 3.15. The number of nitrogens with zero attached hydrogens (tertiary/aromatic N) is 3. The first kappa shape index (κ1) is 9.43. The van der Waals surface area contributed by atoms with Crippen LogP contribution in [0.4, 0.5) is 0 Å². The standard InChI is InChI=1S/C10H9IN3/c1-13-7-3-2-5-9(10(13)11)14-8-4-6-12-14/h2-6,8H,1H3/q+1. The number of aromatic nitrogens is 2.